The minimum Gasteiger partial charge on any atom is -0.350 e. The molecule has 6 heteroatoms. The van der Waals surface area contributed by atoms with Gasteiger partial charge in [-0.1, -0.05) is 15.9 Å². The molecule has 114 valence electrons. The molecular weight excluding hydrogens is 346 g/mol. The maximum absolute atomic E-state index is 12.2. The fourth-order valence-corrected chi connectivity index (χ4v) is 2.03. The van der Waals surface area contributed by atoms with Crippen molar-refractivity contribution in [1.29, 1.82) is 0 Å². The van der Waals surface area contributed by atoms with Gasteiger partial charge in [0.1, 0.15) is 0 Å². The van der Waals surface area contributed by atoms with Crippen molar-refractivity contribution in [3.8, 4) is 0 Å². The number of pyridine rings is 1. The summed E-state index contributed by atoms with van der Waals surface area (Å²) in [6.07, 6.45) is 2.87. The van der Waals surface area contributed by atoms with Gasteiger partial charge in [0.25, 0.3) is 11.8 Å². The number of nitrogens with zero attached hydrogens (tertiary/aromatic N) is 1. The van der Waals surface area contributed by atoms with Crippen LogP contribution in [0.4, 0.5) is 5.69 Å². The van der Waals surface area contributed by atoms with Gasteiger partial charge in [0, 0.05) is 28.6 Å². The number of aromatic nitrogens is 1. The molecule has 2 aromatic rings. The van der Waals surface area contributed by atoms with Crippen molar-refractivity contribution in [1.82, 2.24) is 10.3 Å². The van der Waals surface area contributed by atoms with Crippen LogP contribution in [0.25, 0.3) is 0 Å². The predicted octanol–water partition coefficient (Wildman–Crippen LogP) is 3.23. The van der Waals surface area contributed by atoms with Gasteiger partial charge in [-0.2, -0.15) is 0 Å². The van der Waals surface area contributed by atoms with Crippen molar-refractivity contribution < 1.29 is 9.59 Å². The minimum atomic E-state index is -0.311. The smallest absolute Gasteiger partial charge is 0.257 e. The molecule has 0 atom stereocenters. The Balaban J connectivity index is 2.13. The summed E-state index contributed by atoms with van der Waals surface area (Å²) in [6.45, 7) is 3.74. The van der Waals surface area contributed by atoms with E-state index in [1.165, 1.54) is 18.5 Å². The molecule has 1 heterocycles. The van der Waals surface area contributed by atoms with Gasteiger partial charge in [-0.3, -0.25) is 14.6 Å². The van der Waals surface area contributed by atoms with Gasteiger partial charge in [0.15, 0.2) is 0 Å². The average molecular weight is 362 g/mol. The Kier molecular flexibility index (Phi) is 5.27. The number of halogens is 1. The molecule has 0 saturated carbocycles. The quantitative estimate of drug-likeness (QED) is 0.877. The first-order valence-corrected chi connectivity index (χ1v) is 7.58. The van der Waals surface area contributed by atoms with E-state index in [0.717, 1.165) is 4.47 Å². The van der Waals surface area contributed by atoms with Crippen molar-refractivity contribution in [2.24, 2.45) is 0 Å². The Bertz CT molecular complexity index is 684. The van der Waals surface area contributed by atoms with Gasteiger partial charge in [0.05, 0.1) is 11.1 Å². The number of carbonyl (C=O) groups excluding carboxylic acids is 2. The highest BCUT2D eigenvalue weighted by atomic mass is 79.9. The summed E-state index contributed by atoms with van der Waals surface area (Å²) in [6, 6.07) is 8.78. The Hall–Kier alpha value is -2.21. The van der Waals surface area contributed by atoms with Gasteiger partial charge < -0.3 is 10.6 Å². The number of hydrogen-bond acceptors (Lipinski definition) is 3. The second-order valence-electron chi connectivity index (χ2n) is 5.05. The lowest BCUT2D eigenvalue weighted by atomic mass is 10.1. The van der Waals surface area contributed by atoms with Crippen LogP contribution in [0.1, 0.15) is 34.6 Å². The van der Waals surface area contributed by atoms with Crippen LogP contribution in [-0.2, 0) is 0 Å². The third-order valence-electron chi connectivity index (χ3n) is 2.78. The molecule has 0 unspecified atom stereocenters. The molecule has 1 aromatic heterocycles. The molecule has 0 radical (unpaired) electrons. The number of amides is 2. The first-order valence-electron chi connectivity index (χ1n) is 6.78. The maximum Gasteiger partial charge on any atom is 0.257 e. The molecule has 0 aliphatic rings. The van der Waals surface area contributed by atoms with Crippen molar-refractivity contribution in [3.05, 3.63) is 58.3 Å². The molecule has 2 amide bonds. The first-order chi connectivity index (χ1) is 10.5. The van der Waals surface area contributed by atoms with Gasteiger partial charge in [-0.05, 0) is 44.2 Å². The molecule has 0 aliphatic carbocycles. The summed E-state index contributed by atoms with van der Waals surface area (Å²) in [5.41, 5.74) is 1.36. The zero-order valence-electron chi connectivity index (χ0n) is 12.3. The van der Waals surface area contributed by atoms with Crippen LogP contribution in [0, 0.1) is 0 Å². The number of carbonyl (C=O) groups is 2. The summed E-state index contributed by atoms with van der Waals surface area (Å²) < 4.78 is 0.930. The lowest BCUT2D eigenvalue weighted by molar-refractivity contribution is 0.0942. The molecular formula is C16H16BrN3O2. The van der Waals surface area contributed by atoms with Crippen LogP contribution in [0.3, 0.4) is 0 Å². The number of benzene rings is 1. The SMILES string of the molecule is CC(C)NC(=O)c1cncc(C(=O)Nc2ccc(Br)cc2)c1. The zero-order valence-corrected chi connectivity index (χ0v) is 13.8. The Morgan fingerprint density at radius 1 is 1.05 bits per heavy atom. The molecule has 0 spiro atoms. The summed E-state index contributed by atoms with van der Waals surface area (Å²) >= 11 is 3.33. The Labute approximate surface area is 137 Å². The highest BCUT2D eigenvalue weighted by molar-refractivity contribution is 9.10. The Morgan fingerprint density at radius 3 is 2.23 bits per heavy atom. The van der Waals surface area contributed by atoms with E-state index >= 15 is 0 Å². The highest BCUT2D eigenvalue weighted by Gasteiger charge is 2.12. The Morgan fingerprint density at radius 2 is 1.64 bits per heavy atom. The maximum atomic E-state index is 12.2. The largest absolute Gasteiger partial charge is 0.350 e. The van der Waals surface area contributed by atoms with Gasteiger partial charge in [-0.15, -0.1) is 0 Å². The van der Waals surface area contributed by atoms with Crippen molar-refractivity contribution in [2.75, 3.05) is 5.32 Å². The topological polar surface area (TPSA) is 71.1 Å². The van der Waals surface area contributed by atoms with E-state index in [0.29, 0.717) is 16.8 Å². The van der Waals surface area contributed by atoms with E-state index in [4.69, 9.17) is 0 Å². The minimum absolute atomic E-state index is 0.0211. The zero-order chi connectivity index (χ0) is 16.1. The van der Waals surface area contributed by atoms with Gasteiger partial charge in [0.2, 0.25) is 0 Å². The van der Waals surface area contributed by atoms with Crippen LogP contribution in [-0.4, -0.2) is 22.8 Å². The van der Waals surface area contributed by atoms with Crippen LogP contribution >= 0.6 is 15.9 Å². The fourth-order valence-electron chi connectivity index (χ4n) is 1.77. The van der Waals surface area contributed by atoms with E-state index in [-0.39, 0.29) is 17.9 Å². The summed E-state index contributed by atoms with van der Waals surface area (Å²) in [7, 11) is 0. The second-order valence-corrected chi connectivity index (χ2v) is 5.97. The van der Waals surface area contributed by atoms with E-state index in [1.54, 1.807) is 12.1 Å². The average Bonchev–Trinajstić information content (AvgIpc) is 2.49. The molecule has 2 rings (SSSR count). The molecule has 5 nitrogen and oxygen atoms in total. The molecule has 2 N–H and O–H groups in total. The molecule has 0 bridgehead atoms. The molecule has 0 fully saturated rings. The van der Waals surface area contributed by atoms with E-state index in [9.17, 15) is 9.59 Å². The lowest BCUT2D eigenvalue weighted by Crippen LogP contribution is -2.30. The molecule has 22 heavy (non-hydrogen) atoms. The highest BCUT2D eigenvalue weighted by Crippen LogP contribution is 2.15. The lowest BCUT2D eigenvalue weighted by Gasteiger charge is -2.09. The van der Waals surface area contributed by atoms with Crippen LogP contribution < -0.4 is 10.6 Å². The molecule has 0 saturated heterocycles. The van der Waals surface area contributed by atoms with E-state index < -0.39 is 0 Å². The van der Waals surface area contributed by atoms with Crippen LogP contribution in [0.2, 0.25) is 0 Å². The summed E-state index contributed by atoms with van der Waals surface area (Å²) in [5.74, 6) is -0.560. The number of nitrogens with one attached hydrogen (secondary N) is 2. The number of hydrogen-bond donors (Lipinski definition) is 2. The normalized spacial score (nSPS) is 10.4. The van der Waals surface area contributed by atoms with E-state index in [2.05, 4.69) is 31.5 Å². The fraction of sp³-hybridized carbons (Fsp3) is 0.188. The van der Waals surface area contributed by atoms with Gasteiger partial charge >= 0.3 is 0 Å². The number of anilines is 1. The predicted molar refractivity (Wildman–Crippen MR) is 88.9 cm³/mol. The van der Waals surface area contributed by atoms with Crippen LogP contribution in [0.5, 0.6) is 0 Å². The molecule has 0 aliphatic heterocycles. The first kappa shape index (κ1) is 16.2. The monoisotopic (exact) mass is 361 g/mol. The summed E-state index contributed by atoms with van der Waals surface area (Å²) in [5, 5.41) is 5.53. The summed E-state index contributed by atoms with van der Waals surface area (Å²) in [4.78, 5) is 28.1. The van der Waals surface area contributed by atoms with Crippen molar-refractivity contribution in [2.45, 2.75) is 19.9 Å². The standard InChI is InChI=1S/C16H16BrN3O2/c1-10(2)19-15(21)11-7-12(9-18-8-11)16(22)20-14-5-3-13(17)4-6-14/h3-10H,1-2H3,(H,19,21)(H,20,22). The van der Waals surface area contributed by atoms with Crippen molar-refractivity contribution in [3.63, 3.8) is 0 Å². The van der Waals surface area contributed by atoms with Gasteiger partial charge in [-0.25, -0.2) is 0 Å². The van der Waals surface area contributed by atoms with E-state index in [1.807, 2.05) is 26.0 Å². The molecule has 1 aromatic carbocycles. The van der Waals surface area contributed by atoms with Crippen molar-refractivity contribution >= 4 is 33.4 Å². The number of rotatable bonds is 4. The third-order valence-corrected chi connectivity index (χ3v) is 3.31. The third kappa shape index (κ3) is 4.39. The second kappa shape index (κ2) is 7.17. The van der Waals surface area contributed by atoms with Crippen LogP contribution in [0.15, 0.2) is 47.2 Å².